The summed E-state index contributed by atoms with van der Waals surface area (Å²) in [6.07, 6.45) is 3.78. The lowest BCUT2D eigenvalue weighted by molar-refractivity contribution is -0.0967. The van der Waals surface area contributed by atoms with Crippen LogP contribution in [0.1, 0.15) is 37.7 Å². The van der Waals surface area contributed by atoms with Crippen molar-refractivity contribution in [1.82, 2.24) is 0 Å². The first-order chi connectivity index (χ1) is 11.3. The van der Waals surface area contributed by atoms with Crippen LogP contribution in [0, 0.1) is 17.8 Å². The Kier molecular flexibility index (Phi) is 4.63. The number of halogens is 4. The van der Waals surface area contributed by atoms with Gasteiger partial charge in [0.05, 0.1) is 5.69 Å². The molecule has 0 bridgehead atoms. The third-order valence-corrected chi connectivity index (χ3v) is 4.80. The molecule has 1 heterocycles. The van der Waals surface area contributed by atoms with Crippen LogP contribution >= 0.6 is 23.2 Å². The lowest BCUT2D eigenvalue weighted by Gasteiger charge is -2.37. The summed E-state index contributed by atoms with van der Waals surface area (Å²) in [5.41, 5.74) is -2.44. The first kappa shape index (κ1) is 17.3. The molecule has 0 spiro atoms. The fourth-order valence-corrected chi connectivity index (χ4v) is 3.43. The van der Waals surface area contributed by atoms with Crippen LogP contribution in [0.25, 0.3) is 0 Å². The summed E-state index contributed by atoms with van der Waals surface area (Å²) in [5.74, 6) is 5.33. The van der Waals surface area contributed by atoms with Crippen LogP contribution in [-0.2, 0) is 10.3 Å². The van der Waals surface area contributed by atoms with Crippen LogP contribution in [0.2, 0.25) is 5.02 Å². The largest absolute Gasteiger partial charge is 0.417 e. The van der Waals surface area contributed by atoms with E-state index in [1.54, 1.807) is 0 Å². The molecular formula is C17H15Cl2F2NO2. The Morgan fingerprint density at radius 2 is 2.00 bits per heavy atom. The van der Waals surface area contributed by atoms with Crippen molar-refractivity contribution in [3.63, 3.8) is 0 Å². The Hall–Kier alpha value is -1.51. The minimum atomic E-state index is -3.91. The number of nitrogens with one attached hydrogen (secondary N) is 1. The monoisotopic (exact) mass is 373 g/mol. The van der Waals surface area contributed by atoms with E-state index in [4.69, 9.17) is 27.9 Å². The highest BCUT2D eigenvalue weighted by atomic mass is 35.5. The molecule has 0 saturated heterocycles. The molecule has 1 aromatic rings. The molecule has 128 valence electrons. The predicted molar refractivity (Wildman–Crippen MR) is 88.4 cm³/mol. The fourth-order valence-electron chi connectivity index (χ4n) is 3.07. The van der Waals surface area contributed by atoms with Gasteiger partial charge in [-0.15, -0.1) is 0 Å². The zero-order valence-corrected chi connectivity index (χ0v) is 14.2. The second-order valence-corrected chi connectivity index (χ2v) is 6.90. The van der Waals surface area contributed by atoms with E-state index in [9.17, 15) is 13.6 Å². The number of hydrogen-bond acceptors (Lipinski definition) is 2. The smallest absolute Gasteiger partial charge is 0.413 e. The SMILES string of the molecule is O=C1Nc2ccc(Cl)cc2C(C#CC2CCCCC2)(C(F)(F)Cl)O1. The normalized spacial score (nSPS) is 24.2. The minimum Gasteiger partial charge on any atom is -0.417 e. The Bertz CT molecular complexity index is 718. The van der Waals surface area contributed by atoms with Crippen molar-refractivity contribution >= 4 is 35.0 Å². The van der Waals surface area contributed by atoms with Crippen LogP contribution in [0.4, 0.5) is 19.3 Å². The standard InChI is InChI=1S/C17H15Cl2F2NO2/c18-12-6-7-14-13(10-12)16(17(19,20)21,24-15(23)22-14)9-8-11-4-2-1-3-5-11/h6-7,10-11H,1-5H2,(H,22,23). The van der Waals surface area contributed by atoms with Gasteiger partial charge in [0.15, 0.2) is 0 Å². The molecule has 1 aliphatic heterocycles. The lowest BCUT2D eigenvalue weighted by Crippen LogP contribution is -2.49. The molecule has 1 atom stereocenters. The van der Waals surface area contributed by atoms with Gasteiger partial charge in [-0.1, -0.05) is 36.8 Å². The van der Waals surface area contributed by atoms with E-state index in [0.29, 0.717) is 0 Å². The number of hydrogen-bond donors (Lipinski definition) is 1. The summed E-state index contributed by atoms with van der Waals surface area (Å²) in [6, 6.07) is 4.21. The minimum absolute atomic E-state index is 0.00846. The maximum atomic E-state index is 14.3. The van der Waals surface area contributed by atoms with E-state index < -0.39 is 17.1 Å². The Labute approximate surface area is 148 Å². The molecule has 0 aromatic heterocycles. The highest BCUT2D eigenvalue weighted by Crippen LogP contribution is 2.49. The average Bonchev–Trinajstić information content (AvgIpc) is 2.53. The number of carbonyl (C=O) groups excluding carboxylic acids is 1. The number of amides is 1. The lowest BCUT2D eigenvalue weighted by atomic mass is 9.87. The van der Waals surface area contributed by atoms with Crippen LogP contribution in [0.3, 0.4) is 0 Å². The van der Waals surface area contributed by atoms with Crippen molar-refractivity contribution in [2.45, 2.75) is 43.1 Å². The van der Waals surface area contributed by atoms with Gasteiger partial charge in [-0.3, -0.25) is 5.32 Å². The van der Waals surface area contributed by atoms with Crippen molar-refractivity contribution in [2.75, 3.05) is 5.32 Å². The Balaban J connectivity index is 2.12. The summed E-state index contributed by atoms with van der Waals surface area (Å²) in [6.45, 7) is 0. The van der Waals surface area contributed by atoms with Crippen molar-refractivity contribution in [1.29, 1.82) is 0 Å². The quantitative estimate of drug-likeness (QED) is 0.520. The molecule has 1 amide bonds. The topological polar surface area (TPSA) is 38.3 Å². The summed E-state index contributed by atoms with van der Waals surface area (Å²) in [7, 11) is 0. The van der Waals surface area contributed by atoms with Gasteiger partial charge in [0, 0.05) is 16.5 Å². The van der Waals surface area contributed by atoms with Gasteiger partial charge in [-0.2, -0.15) is 8.78 Å². The number of anilines is 1. The third-order valence-electron chi connectivity index (χ3n) is 4.30. The van der Waals surface area contributed by atoms with Gasteiger partial charge in [0.25, 0.3) is 5.60 Å². The highest BCUT2D eigenvalue weighted by molar-refractivity contribution is 6.31. The first-order valence-electron chi connectivity index (χ1n) is 7.71. The molecule has 24 heavy (non-hydrogen) atoms. The number of cyclic esters (lactones) is 1. The Morgan fingerprint density at radius 1 is 1.29 bits per heavy atom. The van der Waals surface area contributed by atoms with Crippen LogP contribution in [0.5, 0.6) is 0 Å². The summed E-state index contributed by atoms with van der Waals surface area (Å²) < 4.78 is 33.6. The molecule has 7 heteroatoms. The first-order valence-corrected chi connectivity index (χ1v) is 8.47. The molecule has 3 rings (SSSR count). The number of rotatable bonds is 1. The second kappa shape index (κ2) is 6.42. The van der Waals surface area contributed by atoms with E-state index >= 15 is 0 Å². The summed E-state index contributed by atoms with van der Waals surface area (Å²) in [5, 5.41) is -1.32. The molecule has 1 fully saturated rings. The maximum absolute atomic E-state index is 14.3. The summed E-state index contributed by atoms with van der Waals surface area (Å²) in [4.78, 5) is 11.8. The number of alkyl halides is 3. The summed E-state index contributed by atoms with van der Waals surface area (Å²) >= 11 is 11.3. The van der Waals surface area contributed by atoms with Crippen LogP contribution < -0.4 is 5.32 Å². The van der Waals surface area contributed by atoms with Gasteiger partial charge < -0.3 is 4.74 Å². The van der Waals surface area contributed by atoms with Crippen LogP contribution in [0.15, 0.2) is 18.2 Å². The van der Waals surface area contributed by atoms with Crippen LogP contribution in [-0.4, -0.2) is 11.5 Å². The number of carbonyl (C=O) groups is 1. The van der Waals surface area contributed by atoms with E-state index in [1.807, 2.05) is 0 Å². The Morgan fingerprint density at radius 3 is 2.67 bits per heavy atom. The van der Waals surface area contributed by atoms with Crippen molar-refractivity contribution in [3.05, 3.63) is 28.8 Å². The third kappa shape index (κ3) is 3.18. The van der Waals surface area contributed by atoms with Gasteiger partial charge in [0.1, 0.15) is 0 Å². The predicted octanol–water partition coefficient (Wildman–Crippen LogP) is 5.51. The molecule has 1 aromatic carbocycles. The second-order valence-electron chi connectivity index (χ2n) is 5.99. The molecule has 1 saturated carbocycles. The average molecular weight is 374 g/mol. The number of benzene rings is 1. The number of fused-ring (bicyclic) bond motifs is 1. The highest BCUT2D eigenvalue weighted by Gasteiger charge is 2.60. The molecule has 0 radical (unpaired) electrons. The van der Waals surface area contributed by atoms with Crippen molar-refractivity contribution < 1.29 is 18.3 Å². The van der Waals surface area contributed by atoms with Crippen molar-refractivity contribution in [3.8, 4) is 11.8 Å². The molecule has 1 unspecified atom stereocenters. The van der Waals surface area contributed by atoms with Gasteiger partial charge in [-0.25, -0.2) is 4.79 Å². The van der Waals surface area contributed by atoms with E-state index in [2.05, 4.69) is 17.2 Å². The van der Waals surface area contributed by atoms with Gasteiger partial charge >= 0.3 is 11.5 Å². The fraction of sp³-hybridized carbons (Fsp3) is 0.471. The zero-order valence-electron chi connectivity index (χ0n) is 12.7. The molecular weight excluding hydrogens is 359 g/mol. The molecule has 2 aliphatic rings. The van der Waals surface area contributed by atoms with E-state index in [-0.39, 0.29) is 22.2 Å². The molecule has 1 aliphatic carbocycles. The number of ether oxygens (including phenoxy) is 1. The maximum Gasteiger partial charge on any atom is 0.413 e. The van der Waals surface area contributed by atoms with Gasteiger partial charge in [0.2, 0.25) is 0 Å². The molecule has 1 N–H and O–H groups in total. The molecule has 3 nitrogen and oxygen atoms in total. The van der Waals surface area contributed by atoms with E-state index in [0.717, 1.165) is 32.1 Å². The van der Waals surface area contributed by atoms with Crippen molar-refractivity contribution in [2.24, 2.45) is 5.92 Å². The zero-order chi connectivity index (χ0) is 17.4. The van der Waals surface area contributed by atoms with Gasteiger partial charge in [-0.05, 0) is 48.6 Å². The van der Waals surface area contributed by atoms with E-state index in [1.165, 1.54) is 18.2 Å².